The van der Waals surface area contributed by atoms with Crippen molar-refractivity contribution in [1.82, 2.24) is 0 Å². The first-order valence-electron chi connectivity index (χ1n) is 7.52. The van der Waals surface area contributed by atoms with Crippen molar-refractivity contribution in [3.63, 3.8) is 0 Å². The van der Waals surface area contributed by atoms with E-state index >= 15 is 0 Å². The first-order valence-corrected chi connectivity index (χ1v) is 7.90. The van der Waals surface area contributed by atoms with Gasteiger partial charge in [-0.05, 0) is 48.0 Å². The fourth-order valence-corrected chi connectivity index (χ4v) is 2.65. The Kier molecular flexibility index (Phi) is 4.88. The molecule has 0 unspecified atom stereocenters. The van der Waals surface area contributed by atoms with Crippen molar-refractivity contribution >= 4 is 23.3 Å². The molecule has 0 N–H and O–H groups in total. The van der Waals surface area contributed by atoms with E-state index in [1.165, 1.54) is 18.2 Å². The Morgan fingerprint density at radius 2 is 1.81 bits per heavy atom. The molecule has 1 aromatic heterocycles. The molecule has 0 fully saturated rings. The Bertz CT molecular complexity index is 1010. The highest BCUT2D eigenvalue weighted by Gasteiger charge is 2.30. The predicted octanol–water partition coefficient (Wildman–Crippen LogP) is 6.68. The summed E-state index contributed by atoms with van der Waals surface area (Å²) in [5.41, 5.74) is 0.105. The first kappa shape index (κ1) is 17.8. The first-order chi connectivity index (χ1) is 12.4. The van der Waals surface area contributed by atoms with E-state index in [9.17, 15) is 18.4 Å². The third-order valence-electron chi connectivity index (χ3n) is 3.67. The predicted molar refractivity (Wildman–Crippen MR) is 94.1 cm³/mol. The molecule has 6 heteroatoms. The Hall–Kier alpha value is -2.97. The third-order valence-corrected chi connectivity index (χ3v) is 4.00. The summed E-state index contributed by atoms with van der Waals surface area (Å²) in [5, 5.41) is 9.85. The van der Waals surface area contributed by atoms with Gasteiger partial charge in [0.2, 0.25) is 0 Å². The molecule has 0 aliphatic heterocycles. The third kappa shape index (κ3) is 3.81. The molecule has 0 radical (unpaired) electrons. The van der Waals surface area contributed by atoms with E-state index in [-0.39, 0.29) is 11.1 Å². The summed E-state index contributed by atoms with van der Waals surface area (Å²) in [7, 11) is 0. The highest BCUT2D eigenvalue weighted by Crippen LogP contribution is 2.32. The van der Waals surface area contributed by atoms with Crippen molar-refractivity contribution in [3.05, 3.63) is 82.6 Å². The van der Waals surface area contributed by atoms with Gasteiger partial charge >= 0.3 is 6.18 Å². The molecule has 0 aliphatic rings. The molecule has 2 aromatic carbocycles. The molecule has 0 amide bonds. The number of nitrogens with zero attached hydrogens (tertiary/aromatic N) is 1. The molecule has 0 saturated carbocycles. The van der Waals surface area contributed by atoms with Crippen LogP contribution in [0.2, 0.25) is 5.02 Å². The van der Waals surface area contributed by atoms with Crippen LogP contribution in [-0.4, -0.2) is 0 Å². The second-order valence-electron chi connectivity index (χ2n) is 5.43. The molecule has 3 rings (SSSR count). The normalized spacial score (nSPS) is 12.0. The summed E-state index contributed by atoms with van der Waals surface area (Å²) in [5.74, 6) is 0.845. The summed E-state index contributed by atoms with van der Waals surface area (Å²) < 4.78 is 44.2. The van der Waals surface area contributed by atoms with Crippen molar-refractivity contribution < 1.29 is 17.6 Å². The largest absolute Gasteiger partial charge is 0.457 e. The summed E-state index contributed by atoms with van der Waals surface area (Å²) in [6.45, 7) is 0. The molecular weight excluding hydrogens is 363 g/mol. The molecule has 2 nitrogen and oxygen atoms in total. The lowest BCUT2D eigenvalue weighted by atomic mass is 10.0. The fraction of sp³-hybridized carbons (Fsp3) is 0.0500. The van der Waals surface area contributed by atoms with Gasteiger partial charge in [0.05, 0.1) is 22.2 Å². The maximum atomic E-state index is 12.9. The van der Waals surface area contributed by atoms with Gasteiger partial charge in [0, 0.05) is 5.56 Å². The van der Waals surface area contributed by atoms with Gasteiger partial charge in [-0.3, -0.25) is 0 Å². The molecule has 3 aromatic rings. The highest BCUT2D eigenvalue weighted by atomic mass is 35.5. The smallest absolute Gasteiger partial charge is 0.416 e. The van der Waals surface area contributed by atoms with Crippen molar-refractivity contribution in [1.29, 1.82) is 5.26 Å². The monoisotopic (exact) mass is 373 g/mol. The number of furan rings is 1. The van der Waals surface area contributed by atoms with Gasteiger partial charge in [0.25, 0.3) is 0 Å². The van der Waals surface area contributed by atoms with Crippen LogP contribution in [0.5, 0.6) is 0 Å². The molecule has 0 atom stereocenters. The van der Waals surface area contributed by atoms with Crippen LogP contribution in [0.1, 0.15) is 16.9 Å². The van der Waals surface area contributed by atoms with Crippen LogP contribution in [0, 0.1) is 11.3 Å². The maximum absolute atomic E-state index is 12.9. The zero-order valence-electron chi connectivity index (χ0n) is 13.2. The second-order valence-corrected chi connectivity index (χ2v) is 5.84. The quantitative estimate of drug-likeness (QED) is 0.480. The van der Waals surface area contributed by atoms with Crippen LogP contribution in [0.3, 0.4) is 0 Å². The molecule has 0 aliphatic carbocycles. The summed E-state index contributed by atoms with van der Waals surface area (Å²) in [6.07, 6.45) is -3.08. The molecule has 130 valence electrons. The number of halogens is 4. The van der Waals surface area contributed by atoms with Crippen LogP contribution in [0.4, 0.5) is 13.2 Å². The maximum Gasteiger partial charge on any atom is 0.416 e. The van der Waals surface area contributed by atoms with Gasteiger partial charge in [0.1, 0.15) is 11.5 Å². The number of benzene rings is 2. The number of alkyl halides is 3. The Labute approximate surface area is 152 Å². The van der Waals surface area contributed by atoms with Crippen LogP contribution < -0.4 is 0 Å². The zero-order chi connectivity index (χ0) is 18.7. The molecule has 0 spiro atoms. The lowest BCUT2D eigenvalue weighted by molar-refractivity contribution is -0.137. The van der Waals surface area contributed by atoms with Crippen LogP contribution in [0.15, 0.2) is 65.1 Å². The van der Waals surface area contributed by atoms with E-state index in [1.807, 2.05) is 12.1 Å². The van der Waals surface area contributed by atoms with Gasteiger partial charge in [-0.25, -0.2) is 0 Å². The summed E-state index contributed by atoms with van der Waals surface area (Å²) in [4.78, 5) is 0. The van der Waals surface area contributed by atoms with Crippen LogP contribution in [0.25, 0.3) is 23.0 Å². The van der Waals surface area contributed by atoms with E-state index in [2.05, 4.69) is 0 Å². The van der Waals surface area contributed by atoms with Gasteiger partial charge in [-0.15, -0.1) is 0 Å². The van der Waals surface area contributed by atoms with Gasteiger partial charge in [0.15, 0.2) is 0 Å². The van der Waals surface area contributed by atoms with E-state index in [0.717, 1.165) is 12.1 Å². The average Bonchev–Trinajstić information content (AvgIpc) is 3.08. The van der Waals surface area contributed by atoms with E-state index in [1.54, 1.807) is 30.3 Å². The minimum absolute atomic E-state index is 0.0659. The standard InChI is InChI=1S/C20H11ClF3NO/c21-18-7-2-1-6-17(18)19-9-8-16(26-19)11-14(12-25)13-4-3-5-15(10-13)20(22,23)24/h1-11H. The topological polar surface area (TPSA) is 36.9 Å². The lowest BCUT2D eigenvalue weighted by Crippen LogP contribution is -2.04. The Balaban J connectivity index is 1.97. The van der Waals surface area contributed by atoms with Crippen molar-refractivity contribution in [2.45, 2.75) is 6.18 Å². The Morgan fingerprint density at radius 3 is 2.50 bits per heavy atom. The Morgan fingerprint density at radius 1 is 1.04 bits per heavy atom. The number of hydrogen-bond acceptors (Lipinski definition) is 2. The van der Waals surface area contributed by atoms with Crippen LogP contribution in [-0.2, 0) is 6.18 Å². The number of hydrogen-bond donors (Lipinski definition) is 0. The molecule has 0 saturated heterocycles. The minimum atomic E-state index is -4.47. The van der Waals surface area contributed by atoms with Gasteiger partial charge in [-0.2, -0.15) is 18.4 Å². The lowest BCUT2D eigenvalue weighted by Gasteiger charge is -2.07. The number of rotatable bonds is 3. The van der Waals surface area contributed by atoms with Crippen LogP contribution >= 0.6 is 11.6 Å². The zero-order valence-corrected chi connectivity index (χ0v) is 14.0. The molecular formula is C20H11ClF3NO. The van der Waals surface area contributed by atoms with E-state index in [4.69, 9.17) is 16.0 Å². The SMILES string of the molecule is N#CC(=Cc1ccc(-c2ccccc2Cl)o1)c1cccc(C(F)(F)F)c1. The number of nitriles is 1. The van der Waals surface area contributed by atoms with Crippen molar-refractivity contribution in [2.24, 2.45) is 0 Å². The van der Waals surface area contributed by atoms with E-state index in [0.29, 0.717) is 22.1 Å². The van der Waals surface area contributed by atoms with Crippen molar-refractivity contribution in [2.75, 3.05) is 0 Å². The van der Waals surface area contributed by atoms with Crippen molar-refractivity contribution in [3.8, 4) is 17.4 Å². The average molecular weight is 374 g/mol. The molecule has 1 heterocycles. The second kappa shape index (κ2) is 7.11. The summed E-state index contributed by atoms with van der Waals surface area (Å²) in [6, 6.07) is 16.9. The van der Waals surface area contributed by atoms with Gasteiger partial charge < -0.3 is 4.42 Å². The van der Waals surface area contributed by atoms with E-state index < -0.39 is 11.7 Å². The van der Waals surface area contributed by atoms with Gasteiger partial charge in [-0.1, -0.05) is 35.9 Å². The summed E-state index contributed by atoms with van der Waals surface area (Å²) >= 11 is 6.12. The fourth-order valence-electron chi connectivity index (χ4n) is 2.42. The highest BCUT2D eigenvalue weighted by molar-refractivity contribution is 6.33. The number of allylic oxidation sites excluding steroid dienone is 1. The molecule has 0 bridgehead atoms. The minimum Gasteiger partial charge on any atom is -0.457 e. The molecule has 26 heavy (non-hydrogen) atoms.